The Morgan fingerprint density at radius 2 is 0.667 bits per heavy atom. The van der Waals surface area contributed by atoms with Crippen LogP contribution in [0.3, 0.4) is 0 Å². The van der Waals surface area contributed by atoms with Crippen LogP contribution >= 0.6 is 0 Å². The van der Waals surface area contributed by atoms with Crippen LogP contribution in [0.1, 0.15) is 0 Å². The normalized spacial score (nSPS) is 0. The minimum Gasteiger partial charge on any atom is -2.00 e. The van der Waals surface area contributed by atoms with Crippen LogP contribution < -0.4 is 29.6 Å². The molecule has 0 amide bonds. The van der Waals surface area contributed by atoms with E-state index < -0.39 is 0 Å². The molecule has 0 heterocycles. The maximum atomic E-state index is 0. The third-order valence-electron chi connectivity index (χ3n) is 0. The van der Waals surface area contributed by atoms with Gasteiger partial charge in [-0.15, -0.1) is 0 Å². The van der Waals surface area contributed by atoms with Gasteiger partial charge in [-0.2, -0.15) is 0 Å². The molecule has 0 aromatic carbocycles. The van der Waals surface area contributed by atoms with Crippen LogP contribution in [0.5, 0.6) is 0 Å². The molecule has 0 unspecified atom stereocenters. The number of hydrogen-bond donors (Lipinski definition) is 0. The van der Waals surface area contributed by atoms with Crippen LogP contribution in [0.25, 0.3) is 0 Å². The van der Waals surface area contributed by atoms with E-state index in [0.29, 0.717) is 0 Å². The molecular formula is HCaNaNbO6TaTiU+6. The minimum absolute atomic E-state index is 0. The van der Waals surface area contributed by atoms with Gasteiger partial charge in [0.15, 0.2) is 0 Å². The van der Waals surface area contributed by atoms with Crippen molar-refractivity contribution in [3.05, 3.63) is 0 Å². The topological polar surface area (TPSA) is 172 Å². The summed E-state index contributed by atoms with van der Waals surface area (Å²) in [7, 11) is 0. The molecule has 0 fully saturated rings. The molecule has 0 radical (unpaired) electrons. The summed E-state index contributed by atoms with van der Waals surface area (Å²) in [5.74, 6) is 0. The van der Waals surface area contributed by atoms with Crippen LogP contribution in [-0.2, 0) is 93.9 Å². The molecule has 0 aliphatic carbocycles. The van der Waals surface area contributed by atoms with Gasteiger partial charge in [0, 0.05) is 31.1 Å². The Bertz CT molecular complexity index is 27.5. The maximum Gasteiger partial charge on any atom is 5.00 e. The number of hydrogen-bond acceptors (Lipinski definition) is 1. The molecule has 0 saturated heterocycles. The van der Waals surface area contributed by atoms with E-state index in [1.807, 2.05) is 0 Å². The van der Waals surface area contributed by atoms with E-state index in [-0.39, 0.29) is 198 Å². The van der Waals surface area contributed by atoms with Crippen molar-refractivity contribution in [3.8, 4) is 0 Å². The van der Waals surface area contributed by atoms with Gasteiger partial charge >= 0.3 is 134 Å². The van der Waals surface area contributed by atoms with Gasteiger partial charge < -0.3 is 32.9 Å². The smallest absolute Gasteiger partial charge is 2.00 e. The number of rotatable bonds is 0. The van der Waals surface area contributed by atoms with Crippen molar-refractivity contribution in [1.29, 1.82) is 0 Å². The standard InChI is InChI=1S/Ca.Na.Nb.H2O.5O.Ta.Ti.U/h;;;1H2;;;;;;;;/q+2;+1;+5;;5*-2;+5;+4;/p-1. The first-order valence-electron chi connectivity index (χ1n) is 0. The molecule has 1 N–H and O–H groups in total. The van der Waals surface area contributed by atoms with E-state index in [1.54, 1.807) is 0 Å². The molecule has 0 spiro atoms. The van der Waals surface area contributed by atoms with Crippen molar-refractivity contribution in [2.75, 3.05) is 0 Å². The Balaban J connectivity index is 0. The largest absolute Gasteiger partial charge is 5.00 e. The first kappa shape index (κ1) is 165. The van der Waals surface area contributed by atoms with Gasteiger partial charge in [0.1, 0.15) is 0 Å². The van der Waals surface area contributed by atoms with Gasteiger partial charge in [-0.3, -0.25) is 0 Å². The molecule has 0 aromatic rings. The van der Waals surface area contributed by atoms with Crippen LogP contribution in [-0.4, -0.2) is 43.2 Å². The molecule has 12 heteroatoms. The van der Waals surface area contributed by atoms with Crippen LogP contribution in [0, 0.1) is 31.1 Å². The molecule has 0 saturated carbocycles. The quantitative estimate of drug-likeness (QED) is 0.228. The Morgan fingerprint density at radius 1 is 0.667 bits per heavy atom. The molecule has 0 bridgehead atoms. The van der Waals surface area contributed by atoms with Crippen molar-refractivity contribution in [3.63, 3.8) is 0 Å². The fourth-order valence-corrected chi connectivity index (χ4v) is 0. The summed E-state index contributed by atoms with van der Waals surface area (Å²) in [4.78, 5) is 0. The zero-order valence-corrected chi connectivity index (χ0v) is 21.4. The van der Waals surface area contributed by atoms with E-state index >= 15 is 0 Å². The van der Waals surface area contributed by atoms with Crippen molar-refractivity contribution >= 4 is 37.7 Å². The second-order valence-electron chi connectivity index (χ2n) is 0. The summed E-state index contributed by atoms with van der Waals surface area (Å²) in [6.07, 6.45) is 0. The van der Waals surface area contributed by atoms with E-state index in [2.05, 4.69) is 0 Å². The fourth-order valence-electron chi connectivity index (χ4n) is 0. The van der Waals surface area contributed by atoms with Crippen molar-refractivity contribution in [2.24, 2.45) is 0 Å². The van der Waals surface area contributed by atoms with Crippen molar-refractivity contribution in [2.45, 2.75) is 0 Å². The summed E-state index contributed by atoms with van der Waals surface area (Å²) >= 11 is 0. The van der Waals surface area contributed by atoms with Gasteiger partial charge in [0.05, 0.1) is 0 Å². The summed E-state index contributed by atoms with van der Waals surface area (Å²) in [5.41, 5.74) is 0. The third kappa shape index (κ3) is 112. The predicted octanol–water partition coefficient (Wildman–Crippen LogP) is -4.16. The molecular weight excluding hydrogens is 719 g/mol. The van der Waals surface area contributed by atoms with E-state index in [0.717, 1.165) is 0 Å². The Kier molecular flexibility index (Phi) is 1880. The van der Waals surface area contributed by atoms with Gasteiger partial charge in [-0.05, 0) is 0 Å². The predicted molar refractivity (Wildman–Crippen MR) is 11.1 cm³/mol. The van der Waals surface area contributed by atoms with E-state index in [9.17, 15) is 0 Å². The third-order valence-corrected chi connectivity index (χ3v) is 0. The molecule has 6 nitrogen and oxygen atoms in total. The second kappa shape index (κ2) is 137. The maximum absolute atomic E-state index is 0. The SMILES string of the molecule is [Ca+2].[Na+].[Nb+5].[O-2].[O-2].[O-2].[O-2].[O-2].[OH-].[Ta+5].[Ti+4].[U]. The van der Waals surface area contributed by atoms with Gasteiger partial charge in [0.25, 0.3) is 0 Å². The van der Waals surface area contributed by atoms with Crippen LogP contribution in [0.4, 0.5) is 0 Å². The van der Waals surface area contributed by atoms with Crippen molar-refractivity contribution in [1.82, 2.24) is 0 Å². The van der Waals surface area contributed by atoms with Gasteiger partial charge in [0.2, 0.25) is 0 Å². The van der Waals surface area contributed by atoms with Gasteiger partial charge in [-0.1, -0.05) is 0 Å². The first-order chi connectivity index (χ1) is 0. The summed E-state index contributed by atoms with van der Waals surface area (Å²) in [6.45, 7) is 0. The summed E-state index contributed by atoms with van der Waals surface area (Å²) in [5, 5.41) is 0. The molecule has 0 aliphatic rings. The monoisotopic (exact) mass is 720 g/mol. The molecule has 52 valence electrons. The average molecular weight is 720 g/mol. The first-order valence-corrected chi connectivity index (χ1v) is 0. The van der Waals surface area contributed by atoms with Crippen LogP contribution in [0.15, 0.2) is 0 Å². The average Bonchev–Trinajstić information content (AvgIpc) is 0. The van der Waals surface area contributed by atoms with Gasteiger partial charge in [-0.25, -0.2) is 0 Å². The zero-order chi connectivity index (χ0) is 0. The molecule has 0 rings (SSSR count). The Labute approximate surface area is 193 Å². The molecule has 0 atom stereocenters. The van der Waals surface area contributed by atoms with Crippen LogP contribution in [0.2, 0.25) is 0 Å². The fraction of sp³-hybridized carbons (Fsp3) is 0. The van der Waals surface area contributed by atoms with Crippen molar-refractivity contribution < 1.29 is 160 Å². The Hall–Kier alpha value is 5.27. The van der Waals surface area contributed by atoms with E-state index in [4.69, 9.17) is 0 Å². The molecule has 0 aromatic heterocycles. The molecule has 0 aliphatic heterocycles. The second-order valence-corrected chi connectivity index (χ2v) is 0. The molecule has 12 heavy (non-hydrogen) atoms. The zero-order valence-electron chi connectivity index (χ0n) is 6.09. The summed E-state index contributed by atoms with van der Waals surface area (Å²) in [6, 6.07) is 0. The summed E-state index contributed by atoms with van der Waals surface area (Å²) < 4.78 is 0. The Morgan fingerprint density at radius 3 is 0.667 bits per heavy atom. The van der Waals surface area contributed by atoms with E-state index in [1.165, 1.54) is 0 Å². The minimum atomic E-state index is 0.